The first kappa shape index (κ1) is 16.1. The van der Waals surface area contributed by atoms with Gasteiger partial charge in [-0.25, -0.2) is 4.79 Å². The molecule has 0 spiro atoms. The van der Waals surface area contributed by atoms with Gasteiger partial charge in [0.1, 0.15) is 5.51 Å². The molecule has 1 atom stereocenters. The van der Waals surface area contributed by atoms with E-state index in [0.717, 1.165) is 11.3 Å². The first-order chi connectivity index (χ1) is 11.7. The summed E-state index contributed by atoms with van der Waals surface area (Å²) >= 11 is 1.27. The zero-order valence-corrected chi connectivity index (χ0v) is 14.0. The number of benzene rings is 1. The highest BCUT2D eigenvalue weighted by atomic mass is 32.1. The van der Waals surface area contributed by atoms with Crippen LogP contribution in [0.4, 0.5) is 9.93 Å². The van der Waals surface area contributed by atoms with Crippen LogP contribution in [0.2, 0.25) is 0 Å². The number of carbonyl (C=O) groups excluding carboxylic acids is 1. The van der Waals surface area contributed by atoms with Crippen molar-refractivity contribution in [2.24, 2.45) is 0 Å². The normalized spacial score (nSPS) is 11.7. The number of anilines is 1. The number of urea groups is 1. The summed E-state index contributed by atoms with van der Waals surface area (Å²) in [6.45, 7) is 2.05. The third-order valence-corrected chi connectivity index (χ3v) is 4.10. The van der Waals surface area contributed by atoms with Crippen LogP contribution in [0.25, 0.3) is 0 Å². The van der Waals surface area contributed by atoms with Crippen molar-refractivity contribution in [3.8, 4) is 0 Å². The van der Waals surface area contributed by atoms with Crippen molar-refractivity contribution in [2.75, 3.05) is 5.32 Å². The van der Waals surface area contributed by atoms with E-state index in [9.17, 15) is 4.79 Å². The van der Waals surface area contributed by atoms with Crippen LogP contribution in [0.15, 0.2) is 54.2 Å². The molecule has 122 valence electrons. The van der Waals surface area contributed by atoms with Gasteiger partial charge in [-0.2, -0.15) is 0 Å². The average Bonchev–Trinajstić information content (AvgIpc) is 3.10. The third-order valence-electron chi connectivity index (χ3n) is 3.49. The van der Waals surface area contributed by atoms with Crippen LogP contribution in [0.5, 0.6) is 0 Å². The van der Waals surface area contributed by atoms with Crippen LogP contribution < -0.4 is 10.6 Å². The summed E-state index contributed by atoms with van der Waals surface area (Å²) in [4.78, 5) is 16.6. The SMILES string of the molecule is Cc1ccc(C[C@H](NC(=O)Nc2nncs2)c2ccccn2)cc1. The number of carbonyl (C=O) groups is 1. The molecular weight excluding hydrogens is 322 g/mol. The molecule has 7 heteroatoms. The molecule has 0 fully saturated rings. The molecule has 2 amide bonds. The van der Waals surface area contributed by atoms with E-state index >= 15 is 0 Å². The Morgan fingerprint density at radius 1 is 1.21 bits per heavy atom. The van der Waals surface area contributed by atoms with Gasteiger partial charge in [-0.05, 0) is 31.0 Å². The molecule has 2 heterocycles. The predicted molar refractivity (Wildman–Crippen MR) is 93.9 cm³/mol. The predicted octanol–water partition coefficient (Wildman–Crippen LogP) is 3.35. The lowest BCUT2D eigenvalue weighted by molar-refractivity contribution is 0.248. The van der Waals surface area contributed by atoms with Gasteiger partial charge in [-0.3, -0.25) is 10.3 Å². The largest absolute Gasteiger partial charge is 0.329 e. The number of pyridine rings is 1. The standard InChI is InChI=1S/C17H17N5OS/c1-12-5-7-13(8-6-12)10-15(14-4-2-3-9-18-14)20-16(23)21-17-22-19-11-24-17/h2-9,11,15H,10H2,1H3,(H2,20,21,22,23)/t15-/m0/s1. The number of aromatic nitrogens is 3. The number of hydrogen-bond donors (Lipinski definition) is 2. The lowest BCUT2D eigenvalue weighted by Crippen LogP contribution is -2.34. The molecule has 3 rings (SSSR count). The highest BCUT2D eigenvalue weighted by Gasteiger charge is 2.17. The zero-order valence-electron chi connectivity index (χ0n) is 13.1. The van der Waals surface area contributed by atoms with Gasteiger partial charge >= 0.3 is 6.03 Å². The maximum absolute atomic E-state index is 12.2. The number of amides is 2. The van der Waals surface area contributed by atoms with Crippen LogP contribution in [0.3, 0.4) is 0 Å². The van der Waals surface area contributed by atoms with E-state index in [1.807, 2.05) is 25.1 Å². The number of hydrogen-bond acceptors (Lipinski definition) is 5. The Kier molecular flexibility index (Phi) is 5.12. The van der Waals surface area contributed by atoms with E-state index < -0.39 is 0 Å². The summed E-state index contributed by atoms with van der Waals surface area (Å²) in [5, 5.41) is 13.6. The summed E-state index contributed by atoms with van der Waals surface area (Å²) in [6, 6.07) is 13.4. The van der Waals surface area contributed by atoms with E-state index in [1.54, 1.807) is 11.7 Å². The van der Waals surface area contributed by atoms with Crippen molar-refractivity contribution in [1.29, 1.82) is 0 Å². The minimum absolute atomic E-state index is 0.234. The quantitative estimate of drug-likeness (QED) is 0.747. The van der Waals surface area contributed by atoms with Gasteiger partial charge in [0.2, 0.25) is 5.13 Å². The van der Waals surface area contributed by atoms with Gasteiger partial charge in [0.25, 0.3) is 0 Å². The molecule has 0 aliphatic heterocycles. The van der Waals surface area contributed by atoms with Gasteiger partial charge in [0.15, 0.2) is 0 Å². The second kappa shape index (κ2) is 7.65. The molecule has 0 saturated heterocycles. The number of nitrogens with one attached hydrogen (secondary N) is 2. The first-order valence-electron chi connectivity index (χ1n) is 7.51. The van der Waals surface area contributed by atoms with Crippen molar-refractivity contribution in [3.05, 3.63) is 71.0 Å². The van der Waals surface area contributed by atoms with Crippen LogP contribution in [0, 0.1) is 6.92 Å². The lowest BCUT2D eigenvalue weighted by Gasteiger charge is -2.18. The van der Waals surface area contributed by atoms with Crippen LogP contribution >= 0.6 is 11.3 Å². The van der Waals surface area contributed by atoms with Crippen molar-refractivity contribution in [1.82, 2.24) is 20.5 Å². The first-order valence-corrected chi connectivity index (χ1v) is 8.39. The van der Waals surface area contributed by atoms with Crippen molar-refractivity contribution in [2.45, 2.75) is 19.4 Å². The molecule has 0 bridgehead atoms. The summed E-state index contributed by atoms with van der Waals surface area (Å²) in [7, 11) is 0. The minimum atomic E-state index is -0.325. The topological polar surface area (TPSA) is 79.8 Å². The summed E-state index contributed by atoms with van der Waals surface area (Å²) in [5.41, 5.74) is 4.71. The Balaban J connectivity index is 1.74. The number of aryl methyl sites for hydroxylation is 1. The summed E-state index contributed by atoms with van der Waals surface area (Å²) in [6.07, 6.45) is 2.38. The molecule has 0 aliphatic rings. The minimum Gasteiger partial charge on any atom is -0.329 e. The van der Waals surface area contributed by atoms with Gasteiger partial charge in [-0.1, -0.05) is 47.2 Å². The molecule has 2 aromatic heterocycles. The lowest BCUT2D eigenvalue weighted by atomic mass is 10.0. The fourth-order valence-corrected chi connectivity index (χ4v) is 2.73. The van der Waals surface area contributed by atoms with E-state index in [-0.39, 0.29) is 12.1 Å². The molecule has 3 aromatic rings. The summed E-state index contributed by atoms with van der Waals surface area (Å²) < 4.78 is 0. The zero-order chi connectivity index (χ0) is 16.8. The summed E-state index contributed by atoms with van der Waals surface area (Å²) in [5.74, 6) is 0. The monoisotopic (exact) mass is 339 g/mol. The Bertz CT molecular complexity index is 775. The van der Waals surface area contributed by atoms with Crippen molar-refractivity contribution < 1.29 is 4.79 Å². The number of rotatable bonds is 5. The number of nitrogens with zero attached hydrogens (tertiary/aromatic N) is 3. The maximum atomic E-state index is 12.2. The molecule has 0 aliphatic carbocycles. The second-order valence-corrected chi connectivity index (χ2v) is 6.17. The van der Waals surface area contributed by atoms with E-state index in [4.69, 9.17) is 0 Å². The highest BCUT2D eigenvalue weighted by molar-refractivity contribution is 7.13. The van der Waals surface area contributed by atoms with Gasteiger partial charge < -0.3 is 5.32 Å². The Labute approximate surface area is 144 Å². The molecule has 0 saturated carbocycles. The van der Waals surface area contributed by atoms with Gasteiger partial charge in [0, 0.05) is 6.20 Å². The van der Waals surface area contributed by atoms with Crippen LogP contribution in [0.1, 0.15) is 22.9 Å². The molecule has 0 radical (unpaired) electrons. The molecule has 6 nitrogen and oxygen atoms in total. The molecular formula is C17H17N5OS. The van der Waals surface area contributed by atoms with Crippen LogP contribution in [-0.2, 0) is 6.42 Å². The van der Waals surface area contributed by atoms with E-state index in [0.29, 0.717) is 11.6 Å². The molecule has 2 N–H and O–H groups in total. The van der Waals surface area contributed by atoms with Crippen molar-refractivity contribution >= 4 is 22.5 Å². The van der Waals surface area contributed by atoms with E-state index in [1.165, 1.54) is 16.9 Å². The molecule has 1 aromatic carbocycles. The fraction of sp³-hybridized carbons (Fsp3) is 0.176. The average molecular weight is 339 g/mol. The third kappa shape index (κ3) is 4.36. The highest BCUT2D eigenvalue weighted by Crippen LogP contribution is 2.18. The van der Waals surface area contributed by atoms with E-state index in [2.05, 4.69) is 50.1 Å². The van der Waals surface area contributed by atoms with Gasteiger partial charge in [0.05, 0.1) is 11.7 Å². The smallest absolute Gasteiger partial charge is 0.321 e. The van der Waals surface area contributed by atoms with Crippen LogP contribution in [-0.4, -0.2) is 21.2 Å². The van der Waals surface area contributed by atoms with Crippen molar-refractivity contribution in [3.63, 3.8) is 0 Å². The van der Waals surface area contributed by atoms with Gasteiger partial charge in [-0.15, -0.1) is 10.2 Å². The second-order valence-electron chi connectivity index (χ2n) is 5.34. The fourth-order valence-electron chi connectivity index (χ4n) is 2.29. The molecule has 24 heavy (non-hydrogen) atoms. The molecule has 0 unspecified atom stereocenters. The maximum Gasteiger partial charge on any atom is 0.321 e. The Morgan fingerprint density at radius 2 is 2.04 bits per heavy atom. The Hall–Kier alpha value is -2.80. The Morgan fingerprint density at radius 3 is 2.71 bits per heavy atom.